The second kappa shape index (κ2) is 7.08. The lowest BCUT2D eigenvalue weighted by Gasteiger charge is -2.59. The molecule has 1 heterocycles. The van der Waals surface area contributed by atoms with E-state index in [9.17, 15) is 19.8 Å². The highest BCUT2D eigenvalue weighted by molar-refractivity contribution is 6.01. The van der Waals surface area contributed by atoms with Gasteiger partial charge >= 0.3 is 0 Å². The van der Waals surface area contributed by atoms with Crippen LogP contribution in [0.4, 0.5) is 0 Å². The molecule has 0 amide bonds. The number of aliphatic hydroxyl groups is 2. The summed E-state index contributed by atoms with van der Waals surface area (Å²) in [6.07, 6.45) is 8.31. The third-order valence-corrected chi connectivity index (χ3v) is 9.37. The predicted molar refractivity (Wildman–Crippen MR) is 113 cm³/mol. The molecule has 6 nitrogen and oxygen atoms in total. The summed E-state index contributed by atoms with van der Waals surface area (Å²) in [5.74, 6) is 0.0274. The van der Waals surface area contributed by atoms with E-state index in [1.165, 1.54) is 0 Å². The first-order chi connectivity index (χ1) is 14.7. The molecule has 0 radical (unpaired) electrons. The van der Waals surface area contributed by atoms with Gasteiger partial charge in [0.2, 0.25) is 0 Å². The van der Waals surface area contributed by atoms with Crippen LogP contribution in [-0.4, -0.2) is 52.5 Å². The van der Waals surface area contributed by atoms with Crippen molar-refractivity contribution in [2.24, 2.45) is 28.6 Å². The zero-order valence-corrected chi connectivity index (χ0v) is 18.7. The molecule has 0 aromatic carbocycles. The molecule has 0 aromatic rings. The number of fused-ring (bicyclic) bond motifs is 7. The molecule has 0 unspecified atom stereocenters. The fourth-order valence-electron chi connectivity index (χ4n) is 8.12. The molecule has 4 fully saturated rings. The highest BCUT2D eigenvalue weighted by Crippen LogP contribution is 2.69. The lowest BCUT2D eigenvalue weighted by molar-refractivity contribution is -0.200. The first kappa shape index (κ1) is 21.5. The van der Waals surface area contributed by atoms with Gasteiger partial charge in [0.05, 0.1) is 12.2 Å². The van der Waals surface area contributed by atoms with E-state index in [1.807, 2.05) is 6.08 Å². The third kappa shape index (κ3) is 2.65. The summed E-state index contributed by atoms with van der Waals surface area (Å²) < 4.78 is 12.7. The molecule has 0 bridgehead atoms. The summed E-state index contributed by atoms with van der Waals surface area (Å²) in [7, 11) is 0. The lowest BCUT2D eigenvalue weighted by Crippen LogP contribution is -2.63. The van der Waals surface area contributed by atoms with Crippen molar-refractivity contribution in [1.82, 2.24) is 0 Å². The van der Waals surface area contributed by atoms with Crippen LogP contribution in [-0.2, 0) is 19.1 Å². The number of allylic oxidation sites excluding steroid dienone is 4. The molecule has 6 heteroatoms. The van der Waals surface area contributed by atoms with E-state index in [0.29, 0.717) is 19.3 Å². The minimum atomic E-state index is -1.20. The number of Topliss-reactive ketones (excluding diaryl/α,β-unsaturated/α-hetero) is 1. The molecule has 5 aliphatic rings. The Balaban J connectivity index is 1.55. The van der Waals surface area contributed by atoms with Gasteiger partial charge in [0.25, 0.3) is 0 Å². The van der Waals surface area contributed by atoms with Crippen molar-refractivity contribution in [1.29, 1.82) is 0 Å². The molecule has 1 aliphatic heterocycles. The Morgan fingerprint density at radius 2 is 2.10 bits per heavy atom. The summed E-state index contributed by atoms with van der Waals surface area (Å²) in [5.41, 5.74) is -1.05. The van der Waals surface area contributed by atoms with E-state index in [4.69, 9.17) is 9.47 Å². The van der Waals surface area contributed by atoms with E-state index in [2.05, 4.69) is 20.8 Å². The van der Waals surface area contributed by atoms with Crippen molar-refractivity contribution in [3.05, 3.63) is 23.8 Å². The highest BCUT2D eigenvalue weighted by atomic mass is 16.7. The molecule has 3 saturated carbocycles. The molecular formula is C25H34O6. The molecule has 4 aliphatic carbocycles. The first-order valence-corrected chi connectivity index (χ1v) is 11.8. The Morgan fingerprint density at radius 1 is 1.32 bits per heavy atom. The molecule has 9 atom stereocenters. The molecule has 2 N–H and O–H groups in total. The molecule has 1 saturated heterocycles. The Bertz CT molecular complexity index is 862. The average Bonchev–Trinajstić information content (AvgIpc) is 3.20. The number of ketones is 2. The maximum absolute atomic E-state index is 13.2. The number of carbonyl (C=O) groups is 2. The summed E-state index contributed by atoms with van der Waals surface area (Å²) in [6.45, 7) is 5.67. The summed E-state index contributed by atoms with van der Waals surface area (Å²) in [6, 6.07) is 0. The first-order valence-electron chi connectivity index (χ1n) is 11.8. The van der Waals surface area contributed by atoms with E-state index in [1.54, 1.807) is 12.2 Å². The largest absolute Gasteiger partial charge is 0.393 e. The minimum absolute atomic E-state index is 0.0125. The predicted octanol–water partition coefficient (Wildman–Crippen LogP) is 2.72. The van der Waals surface area contributed by atoms with Crippen LogP contribution in [0.15, 0.2) is 23.8 Å². The van der Waals surface area contributed by atoms with Crippen LogP contribution in [0.2, 0.25) is 0 Å². The maximum Gasteiger partial charge on any atom is 0.193 e. The topological polar surface area (TPSA) is 93.1 Å². The van der Waals surface area contributed by atoms with E-state index in [0.717, 1.165) is 24.8 Å². The maximum atomic E-state index is 13.2. The van der Waals surface area contributed by atoms with Gasteiger partial charge in [-0.25, -0.2) is 0 Å². The van der Waals surface area contributed by atoms with Gasteiger partial charge < -0.3 is 19.7 Å². The van der Waals surface area contributed by atoms with Gasteiger partial charge in [0, 0.05) is 16.7 Å². The zero-order valence-electron chi connectivity index (χ0n) is 18.7. The van der Waals surface area contributed by atoms with Crippen molar-refractivity contribution in [3.8, 4) is 0 Å². The fraction of sp³-hybridized carbons (Fsp3) is 0.760. The molecule has 31 heavy (non-hydrogen) atoms. The number of hydrogen-bond donors (Lipinski definition) is 2. The van der Waals surface area contributed by atoms with Crippen LogP contribution in [0.3, 0.4) is 0 Å². The molecule has 0 spiro atoms. The number of hydrogen-bond acceptors (Lipinski definition) is 6. The van der Waals surface area contributed by atoms with E-state index in [-0.39, 0.29) is 34.7 Å². The van der Waals surface area contributed by atoms with Gasteiger partial charge in [-0.3, -0.25) is 9.59 Å². The molecule has 5 rings (SSSR count). The van der Waals surface area contributed by atoms with Crippen LogP contribution in [0.25, 0.3) is 0 Å². The van der Waals surface area contributed by atoms with Gasteiger partial charge in [-0.2, -0.15) is 0 Å². The average molecular weight is 431 g/mol. The second-order valence-corrected chi connectivity index (χ2v) is 10.7. The Labute approximate surface area is 183 Å². The minimum Gasteiger partial charge on any atom is -0.393 e. The third-order valence-electron chi connectivity index (χ3n) is 9.37. The Morgan fingerprint density at radius 3 is 2.81 bits per heavy atom. The summed E-state index contributed by atoms with van der Waals surface area (Å²) in [4.78, 5) is 25.2. The quantitative estimate of drug-likeness (QED) is 0.712. The van der Waals surface area contributed by atoms with Crippen LogP contribution in [0, 0.1) is 28.6 Å². The van der Waals surface area contributed by atoms with Crippen LogP contribution in [0.1, 0.15) is 59.3 Å². The Kier molecular flexibility index (Phi) is 4.91. The number of ether oxygens (including phenoxy) is 2. The van der Waals surface area contributed by atoms with E-state index >= 15 is 0 Å². The zero-order chi connectivity index (χ0) is 22.2. The van der Waals surface area contributed by atoms with Crippen molar-refractivity contribution < 1.29 is 29.3 Å². The smallest absolute Gasteiger partial charge is 0.193 e. The standard InChI is InChI=1S/C25H34O6/c1-4-5-21-30-20-11-17-16-7-6-14-10-15(27)8-9-23(14,2)22(16)18(28)12-24(17,3)25(20,31-21)19(29)13-26/h8-10,16-18,20-22,26,28H,4-7,11-13H2,1-3H3/t16-,17-,18+,20+,21-,22+,23-,24-,25+/m0/s1. The van der Waals surface area contributed by atoms with Crippen LogP contribution < -0.4 is 0 Å². The van der Waals surface area contributed by atoms with Gasteiger partial charge in [-0.1, -0.05) is 38.8 Å². The normalized spacial score (nSPS) is 50.4. The SMILES string of the molecule is CCC[C@H]1O[C@@H]2C[C@H]3[C@@H]4CCC5=CC(=O)C=C[C@]5(C)[C@H]4[C@H](O)C[C@]3(C)[C@]2(C(=O)CO)O1. The summed E-state index contributed by atoms with van der Waals surface area (Å²) in [5, 5.41) is 21.4. The van der Waals surface area contributed by atoms with Crippen molar-refractivity contribution in [3.63, 3.8) is 0 Å². The van der Waals surface area contributed by atoms with Crippen LogP contribution >= 0.6 is 0 Å². The second-order valence-electron chi connectivity index (χ2n) is 10.7. The fourth-order valence-corrected chi connectivity index (χ4v) is 8.12. The number of carbonyl (C=O) groups excluding carboxylic acids is 2. The molecule has 0 aromatic heterocycles. The highest BCUT2D eigenvalue weighted by Gasteiger charge is 2.75. The lowest BCUT2D eigenvalue weighted by atomic mass is 9.46. The van der Waals surface area contributed by atoms with Gasteiger partial charge in [0.15, 0.2) is 23.5 Å². The van der Waals surface area contributed by atoms with Gasteiger partial charge in [-0.15, -0.1) is 0 Å². The van der Waals surface area contributed by atoms with Crippen LogP contribution in [0.5, 0.6) is 0 Å². The monoisotopic (exact) mass is 430 g/mol. The van der Waals surface area contributed by atoms with Gasteiger partial charge in [0.1, 0.15) is 6.61 Å². The van der Waals surface area contributed by atoms with Crippen molar-refractivity contribution in [2.45, 2.75) is 83.4 Å². The molecule has 170 valence electrons. The van der Waals surface area contributed by atoms with Gasteiger partial charge in [-0.05, 0) is 56.1 Å². The molecular weight excluding hydrogens is 396 g/mol. The van der Waals surface area contributed by atoms with E-state index < -0.39 is 36.1 Å². The van der Waals surface area contributed by atoms with Crippen molar-refractivity contribution in [2.75, 3.05) is 6.61 Å². The Hall–Kier alpha value is -1.34. The number of rotatable bonds is 4. The van der Waals surface area contributed by atoms with Crippen molar-refractivity contribution >= 4 is 11.6 Å². The number of aliphatic hydroxyl groups excluding tert-OH is 2. The summed E-state index contributed by atoms with van der Waals surface area (Å²) >= 11 is 0.